The van der Waals surface area contributed by atoms with Gasteiger partial charge in [0.2, 0.25) is 0 Å². The molecule has 3 atom stereocenters. The van der Waals surface area contributed by atoms with Crippen LogP contribution in [0.25, 0.3) is 0 Å². The Kier molecular flexibility index (Phi) is 4.61. The fraction of sp³-hybridized carbons (Fsp3) is 0.786. The molecule has 0 spiro atoms. The lowest BCUT2D eigenvalue weighted by molar-refractivity contribution is 0.0954. The summed E-state index contributed by atoms with van der Waals surface area (Å²) >= 11 is 1.73. The van der Waals surface area contributed by atoms with E-state index in [9.17, 15) is 0 Å². The van der Waals surface area contributed by atoms with E-state index in [1.807, 2.05) is 0 Å². The molecule has 1 saturated heterocycles. The number of aromatic nitrogens is 1. The van der Waals surface area contributed by atoms with Crippen LogP contribution in [0.5, 0.6) is 0 Å². The first-order chi connectivity index (χ1) is 8.91. The number of thiazole rings is 1. The zero-order valence-corrected chi connectivity index (χ0v) is 13.1. The molecule has 0 saturated carbocycles. The topological polar surface area (TPSA) is 60.2 Å². The predicted octanol–water partition coefficient (Wildman–Crippen LogP) is 2.24. The van der Waals surface area contributed by atoms with Gasteiger partial charge in [-0.2, -0.15) is 0 Å². The van der Waals surface area contributed by atoms with Crippen LogP contribution in [0.1, 0.15) is 44.8 Å². The standard InChI is InChI=1S/C14H25N3OS/c1-9-10(5-6-18-9)11(17-15)7-13-16-12(8-19-13)14(2,3)4/h8-11,17H,5-7,15H2,1-4H3. The van der Waals surface area contributed by atoms with E-state index in [4.69, 9.17) is 15.6 Å². The van der Waals surface area contributed by atoms with Crippen molar-refractivity contribution < 1.29 is 4.74 Å². The third kappa shape index (κ3) is 3.54. The highest BCUT2D eigenvalue weighted by Crippen LogP contribution is 2.28. The number of nitrogens with one attached hydrogen (secondary N) is 1. The van der Waals surface area contributed by atoms with Crippen LogP contribution < -0.4 is 11.3 Å². The van der Waals surface area contributed by atoms with E-state index < -0.39 is 0 Å². The molecule has 1 aromatic rings. The third-order valence-corrected chi connectivity index (χ3v) is 4.75. The van der Waals surface area contributed by atoms with E-state index >= 15 is 0 Å². The van der Waals surface area contributed by atoms with Crippen LogP contribution in [0, 0.1) is 5.92 Å². The van der Waals surface area contributed by atoms with E-state index in [0.717, 1.165) is 24.5 Å². The summed E-state index contributed by atoms with van der Waals surface area (Å²) in [5.41, 5.74) is 4.24. The molecule has 0 aliphatic carbocycles. The zero-order valence-electron chi connectivity index (χ0n) is 12.3. The minimum Gasteiger partial charge on any atom is -0.378 e. The van der Waals surface area contributed by atoms with E-state index in [1.165, 1.54) is 5.69 Å². The zero-order chi connectivity index (χ0) is 14.0. The molecule has 1 aromatic heterocycles. The van der Waals surface area contributed by atoms with Crippen molar-refractivity contribution in [1.29, 1.82) is 0 Å². The average Bonchev–Trinajstić information content (AvgIpc) is 2.94. The van der Waals surface area contributed by atoms with Crippen LogP contribution in [0.15, 0.2) is 5.38 Å². The molecule has 1 aliphatic rings. The van der Waals surface area contributed by atoms with E-state index in [1.54, 1.807) is 11.3 Å². The van der Waals surface area contributed by atoms with Gasteiger partial charge in [0.25, 0.3) is 0 Å². The highest BCUT2D eigenvalue weighted by molar-refractivity contribution is 7.09. The second kappa shape index (κ2) is 5.87. The Bertz CT molecular complexity index is 413. The van der Waals surface area contributed by atoms with Crippen LogP contribution in [0.2, 0.25) is 0 Å². The summed E-state index contributed by atoms with van der Waals surface area (Å²) in [6, 6.07) is 0.247. The number of ether oxygens (including phenoxy) is 1. The Morgan fingerprint density at radius 2 is 2.32 bits per heavy atom. The average molecular weight is 283 g/mol. The smallest absolute Gasteiger partial charge is 0.0944 e. The number of hydrogen-bond acceptors (Lipinski definition) is 5. The van der Waals surface area contributed by atoms with Crippen LogP contribution >= 0.6 is 11.3 Å². The number of nitrogens with two attached hydrogens (primary N) is 1. The number of hydrazine groups is 1. The molecule has 3 unspecified atom stereocenters. The first kappa shape index (κ1) is 14.9. The quantitative estimate of drug-likeness (QED) is 0.657. The molecule has 2 heterocycles. The lowest BCUT2D eigenvalue weighted by Crippen LogP contribution is -2.44. The van der Waals surface area contributed by atoms with Crippen molar-refractivity contribution >= 4 is 11.3 Å². The summed E-state index contributed by atoms with van der Waals surface area (Å²) in [6.45, 7) is 9.55. The maximum absolute atomic E-state index is 5.73. The van der Waals surface area contributed by atoms with Crippen molar-refractivity contribution in [2.24, 2.45) is 11.8 Å². The summed E-state index contributed by atoms with van der Waals surface area (Å²) in [4.78, 5) is 4.75. The first-order valence-electron chi connectivity index (χ1n) is 6.94. The Balaban J connectivity index is 2.04. The number of rotatable bonds is 4. The second-order valence-electron chi connectivity index (χ2n) is 6.38. The molecule has 2 rings (SSSR count). The van der Waals surface area contributed by atoms with Crippen molar-refractivity contribution in [3.63, 3.8) is 0 Å². The normalized spacial score (nSPS) is 25.7. The van der Waals surface area contributed by atoms with Crippen LogP contribution in [0.3, 0.4) is 0 Å². The van der Waals surface area contributed by atoms with Gasteiger partial charge in [-0.3, -0.25) is 11.3 Å². The number of hydrogen-bond donors (Lipinski definition) is 2. The molecule has 1 fully saturated rings. The van der Waals surface area contributed by atoms with Gasteiger partial charge in [-0.15, -0.1) is 11.3 Å². The van der Waals surface area contributed by atoms with Gasteiger partial charge >= 0.3 is 0 Å². The van der Waals surface area contributed by atoms with E-state index in [2.05, 4.69) is 38.5 Å². The first-order valence-corrected chi connectivity index (χ1v) is 7.82. The van der Waals surface area contributed by atoms with Gasteiger partial charge in [0, 0.05) is 35.8 Å². The summed E-state index contributed by atoms with van der Waals surface area (Å²) < 4.78 is 5.63. The molecule has 0 radical (unpaired) electrons. The highest BCUT2D eigenvalue weighted by Gasteiger charge is 2.32. The van der Waals surface area contributed by atoms with Crippen molar-refractivity contribution in [3.8, 4) is 0 Å². The van der Waals surface area contributed by atoms with Crippen molar-refractivity contribution in [2.45, 2.75) is 58.1 Å². The molecule has 4 nitrogen and oxygen atoms in total. The molecule has 1 aliphatic heterocycles. The summed E-state index contributed by atoms with van der Waals surface area (Å²) in [5.74, 6) is 6.21. The van der Waals surface area contributed by atoms with E-state index in [-0.39, 0.29) is 17.6 Å². The Labute approximate surface area is 119 Å². The second-order valence-corrected chi connectivity index (χ2v) is 7.32. The molecule has 0 aromatic carbocycles. The van der Waals surface area contributed by atoms with Crippen molar-refractivity contribution in [2.75, 3.05) is 6.61 Å². The van der Waals surface area contributed by atoms with Crippen LogP contribution in [0.4, 0.5) is 0 Å². The molecule has 5 heteroatoms. The van der Waals surface area contributed by atoms with Crippen LogP contribution in [-0.2, 0) is 16.6 Å². The summed E-state index contributed by atoms with van der Waals surface area (Å²) in [5, 5.41) is 3.32. The van der Waals surface area contributed by atoms with Gasteiger partial charge in [0.1, 0.15) is 0 Å². The Morgan fingerprint density at radius 1 is 1.58 bits per heavy atom. The van der Waals surface area contributed by atoms with Crippen molar-refractivity contribution in [3.05, 3.63) is 16.1 Å². The minimum atomic E-state index is 0.115. The van der Waals surface area contributed by atoms with Gasteiger partial charge in [0.15, 0.2) is 0 Å². The molecular weight excluding hydrogens is 258 g/mol. The maximum Gasteiger partial charge on any atom is 0.0944 e. The predicted molar refractivity (Wildman–Crippen MR) is 79.2 cm³/mol. The number of nitrogens with zero attached hydrogens (tertiary/aromatic N) is 1. The van der Waals surface area contributed by atoms with Gasteiger partial charge in [-0.25, -0.2) is 4.98 Å². The largest absolute Gasteiger partial charge is 0.378 e. The summed E-state index contributed by atoms with van der Waals surface area (Å²) in [7, 11) is 0. The lowest BCUT2D eigenvalue weighted by Gasteiger charge is -2.24. The monoisotopic (exact) mass is 283 g/mol. The van der Waals surface area contributed by atoms with Gasteiger partial charge < -0.3 is 4.74 Å². The third-order valence-electron chi connectivity index (χ3n) is 3.88. The van der Waals surface area contributed by atoms with Crippen molar-refractivity contribution in [1.82, 2.24) is 10.4 Å². The maximum atomic E-state index is 5.73. The molecule has 0 amide bonds. The van der Waals surface area contributed by atoms with Gasteiger partial charge in [-0.05, 0) is 13.3 Å². The van der Waals surface area contributed by atoms with Crippen LogP contribution in [-0.4, -0.2) is 23.7 Å². The fourth-order valence-corrected chi connectivity index (χ4v) is 3.63. The summed E-state index contributed by atoms with van der Waals surface area (Å²) in [6.07, 6.45) is 2.24. The van der Waals surface area contributed by atoms with Gasteiger partial charge in [0.05, 0.1) is 16.8 Å². The molecule has 3 N–H and O–H groups in total. The van der Waals surface area contributed by atoms with Gasteiger partial charge in [-0.1, -0.05) is 20.8 Å². The highest BCUT2D eigenvalue weighted by atomic mass is 32.1. The Hall–Kier alpha value is -0.490. The fourth-order valence-electron chi connectivity index (χ4n) is 2.55. The molecule has 108 valence electrons. The molecule has 19 heavy (non-hydrogen) atoms. The SMILES string of the molecule is CC1OCCC1C(Cc1nc(C(C)(C)C)cs1)NN. The Morgan fingerprint density at radius 3 is 2.79 bits per heavy atom. The minimum absolute atomic E-state index is 0.115. The lowest BCUT2D eigenvalue weighted by atomic mass is 9.91. The van der Waals surface area contributed by atoms with E-state index in [0.29, 0.717) is 5.92 Å². The molecule has 0 bridgehead atoms. The molecular formula is C14H25N3OS.